The van der Waals surface area contributed by atoms with Crippen molar-refractivity contribution in [3.63, 3.8) is 0 Å². The zero-order valence-electron chi connectivity index (χ0n) is 23.4. The molecule has 0 aliphatic carbocycles. The van der Waals surface area contributed by atoms with Crippen LogP contribution in [0.3, 0.4) is 0 Å². The Morgan fingerprint density at radius 3 is 2.33 bits per heavy atom. The third-order valence-corrected chi connectivity index (χ3v) is 7.71. The predicted octanol–water partition coefficient (Wildman–Crippen LogP) is 3.63. The van der Waals surface area contributed by atoms with Crippen molar-refractivity contribution in [3.8, 4) is 11.5 Å². The zero-order valence-corrected chi connectivity index (χ0v) is 24.2. The second kappa shape index (κ2) is 14.2. The van der Waals surface area contributed by atoms with E-state index in [0.717, 1.165) is 11.8 Å². The van der Waals surface area contributed by atoms with Crippen LogP contribution in [0.4, 0.5) is 5.69 Å². The molecule has 1 aliphatic heterocycles. The van der Waals surface area contributed by atoms with E-state index in [0.29, 0.717) is 68.7 Å². The lowest BCUT2D eigenvalue weighted by atomic mass is 10.1. The van der Waals surface area contributed by atoms with Gasteiger partial charge in [-0.2, -0.15) is 0 Å². The number of nitrogens with one attached hydrogen (secondary N) is 1. The van der Waals surface area contributed by atoms with Crippen molar-refractivity contribution in [2.75, 3.05) is 43.4 Å². The van der Waals surface area contributed by atoms with Crippen LogP contribution in [0, 0.1) is 5.92 Å². The standard InChI is InChI=1S/C29H41N3O6S/c1-5-25(29(34)30-21-22(2)3)31(17-15-23-10-7-6-8-11-23)28(33)12-9-16-32(39(4,35)36)24-13-14-26-27(20-24)38-19-18-37-26/h6-8,10-11,13-14,20,22,25H,5,9,12,15-19,21H2,1-4H3,(H,30,34)/t25-/m0/s1. The molecule has 2 aromatic carbocycles. The Kier molecular flexibility index (Phi) is 11.0. The number of hydrogen-bond acceptors (Lipinski definition) is 6. The molecule has 0 saturated carbocycles. The summed E-state index contributed by atoms with van der Waals surface area (Å²) in [4.78, 5) is 28.2. The topological polar surface area (TPSA) is 105 Å². The molecule has 1 aliphatic rings. The van der Waals surface area contributed by atoms with Crippen LogP contribution < -0.4 is 19.1 Å². The number of ether oxygens (including phenoxy) is 2. The molecule has 1 N–H and O–H groups in total. The lowest BCUT2D eigenvalue weighted by Crippen LogP contribution is -2.50. The van der Waals surface area contributed by atoms with Gasteiger partial charge in [0, 0.05) is 32.1 Å². The predicted molar refractivity (Wildman–Crippen MR) is 153 cm³/mol. The maximum Gasteiger partial charge on any atom is 0.242 e. The first-order valence-electron chi connectivity index (χ1n) is 13.6. The Labute approximate surface area is 232 Å². The number of hydrogen-bond donors (Lipinski definition) is 1. The first-order chi connectivity index (χ1) is 18.6. The fourth-order valence-corrected chi connectivity index (χ4v) is 5.47. The summed E-state index contributed by atoms with van der Waals surface area (Å²) in [5, 5.41) is 2.96. The first-order valence-corrected chi connectivity index (χ1v) is 15.4. The third-order valence-electron chi connectivity index (χ3n) is 6.52. The first kappa shape index (κ1) is 30.3. The van der Waals surface area contributed by atoms with Crippen molar-refractivity contribution in [2.24, 2.45) is 5.92 Å². The molecule has 1 heterocycles. The van der Waals surface area contributed by atoms with Gasteiger partial charge >= 0.3 is 0 Å². The fourth-order valence-electron chi connectivity index (χ4n) is 4.51. The highest BCUT2D eigenvalue weighted by Crippen LogP contribution is 2.34. The molecule has 0 spiro atoms. The number of amides is 2. The minimum atomic E-state index is -3.61. The minimum absolute atomic E-state index is 0.110. The van der Waals surface area contributed by atoms with Crippen molar-refractivity contribution < 1.29 is 27.5 Å². The van der Waals surface area contributed by atoms with Gasteiger partial charge in [-0.15, -0.1) is 0 Å². The lowest BCUT2D eigenvalue weighted by molar-refractivity contribution is -0.140. The maximum atomic E-state index is 13.5. The molecule has 1 atom stereocenters. The summed E-state index contributed by atoms with van der Waals surface area (Å²) in [5.41, 5.74) is 1.53. The van der Waals surface area contributed by atoms with E-state index in [-0.39, 0.29) is 24.8 Å². The molecule has 0 fully saturated rings. The summed E-state index contributed by atoms with van der Waals surface area (Å²) in [6.45, 7) is 7.83. The van der Waals surface area contributed by atoms with Gasteiger partial charge in [0.2, 0.25) is 21.8 Å². The van der Waals surface area contributed by atoms with Gasteiger partial charge in [0.15, 0.2) is 11.5 Å². The van der Waals surface area contributed by atoms with Gasteiger partial charge in [0.25, 0.3) is 0 Å². The minimum Gasteiger partial charge on any atom is -0.486 e. The van der Waals surface area contributed by atoms with Crippen LogP contribution in [-0.2, 0) is 26.0 Å². The van der Waals surface area contributed by atoms with Crippen LogP contribution in [-0.4, -0.2) is 70.3 Å². The number of carbonyl (C=O) groups excluding carboxylic acids is 2. The molecule has 2 aromatic rings. The molecular weight excluding hydrogens is 518 g/mol. The number of benzene rings is 2. The molecule has 0 bridgehead atoms. The van der Waals surface area contributed by atoms with E-state index in [2.05, 4.69) is 5.32 Å². The quantitative estimate of drug-likeness (QED) is 0.379. The zero-order chi connectivity index (χ0) is 28.4. The van der Waals surface area contributed by atoms with Crippen molar-refractivity contribution in [3.05, 3.63) is 54.1 Å². The summed E-state index contributed by atoms with van der Waals surface area (Å²) in [7, 11) is -3.61. The van der Waals surface area contributed by atoms with E-state index >= 15 is 0 Å². The van der Waals surface area contributed by atoms with E-state index in [1.807, 2.05) is 51.1 Å². The van der Waals surface area contributed by atoms with E-state index in [9.17, 15) is 18.0 Å². The van der Waals surface area contributed by atoms with Crippen molar-refractivity contribution in [1.82, 2.24) is 10.2 Å². The number of rotatable bonds is 14. The summed E-state index contributed by atoms with van der Waals surface area (Å²) < 4.78 is 37.7. The molecule has 0 radical (unpaired) electrons. The summed E-state index contributed by atoms with van der Waals surface area (Å²) in [6.07, 6.45) is 2.65. The van der Waals surface area contributed by atoms with Crippen LogP contribution in [0.15, 0.2) is 48.5 Å². The molecule has 3 rings (SSSR count). The van der Waals surface area contributed by atoms with E-state index in [4.69, 9.17) is 9.47 Å². The van der Waals surface area contributed by atoms with Crippen LogP contribution >= 0.6 is 0 Å². The third kappa shape index (κ3) is 8.88. The highest BCUT2D eigenvalue weighted by Gasteiger charge is 2.28. The van der Waals surface area contributed by atoms with Crippen LogP contribution in [0.1, 0.15) is 45.6 Å². The average Bonchev–Trinajstić information content (AvgIpc) is 2.91. The van der Waals surface area contributed by atoms with Crippen molar-refractivity contribution in [2.45, 2.75) is 52.5 Å². The van der Waals surface area contributed by atoms with Crippen molar-refractivity contribution in [1.29, 1.82) is 0 Å². The van der Waals surface area contributed by atoms with Crippen LogP contribution in [0.25, 0.3) is 0 Å². The lowest BCUT2D eigenvalue weighted by Gasteiger charge is -2.31. The largest absolute Gasteiger partial charge is 0.486 e. The highest BCUT2D eigenvalue weighted by molar-refractivity contribution is 7.92. The number of anilines is 1. The van der Waals surface area contributed by atoms with E-state index in [1.54, 1.807) is 23.1 Å². The number of nitrogens with zero attached hydrogens (tertiary/aromatic N) is 2. The van der Waals surface area contributed by atoms with Crippen LogP contribution in [0.2, 0.25) is 0 Å². The molecule has 0 unspecified atom stereocenters. The van der Waals surface area contributed by atoms with Crippen LogP contribution in [0.5, 0.6) is 11.5 Å². The second-order valence-corrected chi connectivity index (χ2v) is 12.1. The number of fused-ring (bicyclic) bond motifs is 1. The van der Waals surface area contributed by atoms with E-state index < -0.39 is 16.1 Å². The molecular formula is C29H41N3O6S. The summed E-state index contributed by atoms with van der Waals surface area (Å²) >= 11 is 0. The Bertz CT molecular complexity index is 1200. The molecule has 10 heteroatoms. The SMILES string of the molecule is CC[C@@H](C(=O)NCC(C)C)N(CCc1ccccc1)C(=O)CCCN(c1ccc2c(c1)OCCO2)S(C)(=O)=O. The van der Waals surface area contributed by atoms with Gasteiger partial charge in [-0.05, 0) is 42.9 Å². The van der Waals surface area contributed by atoms with Gasteiger partial charge in [-0.3, -0.25) is 13.9 Å². The maximum absolute atomic E-state index is 13.5. The van der Waals surface area contributed by atoms with Gasteiger partial charge in [0.05, 0.1) is 11.9 Å². The summed E-state index contributed by atoms with van der Waals surface area (Å²) in [6, 6.07) is 14.3. The van der Waals surface area contributed by atoms with Gasteiger partial charge in [-0.1, -0.05) is 51.1 Å². The monoisotopic (exact) mass is 559 g/mol. The number of sulfonamides is 1. The van der Waals surface area contributed by atoms with Crippen molar-refractivity contribution >= 4 is 27.5 Å². The van der Waals surface area contributed by atoms with E-state index in [1.165, 1.54) is 4.31 Å². The normalized spacial score (nSPS) is 13.6. The molecule has 2 amide bonds. The Hall–Kier alpha value is -3.27. The molecule has 214 valence electrons. The number of carbonyl (C=O) groups is 2. The second-order valence-electron chi connectivity index (χ2n) is 10.2. The fraction of sp³-hybridized carbons (Fsp3) is 0.517. The van der Waals surface area contributed by atoms with Gasteiger partial charge in [0.1, 0.15) is 19.3 Å². The average molecular weight is 560 g/mol. The van der Waals surface area contributed by atoms with Gasteiger partial charge < -0.3 is 19.7 Å². The highest BCUT2D eigenvalue weighted by atomic mass is 32.2. The molecule has 0 aromatic heterocycles. The summed E-state index contributed by atoms with van der Waals surface area (Å²) in [5.74, 6) is 1.02. The Morgan fingerprint density at radius 1 is 1.00 bits per heavy atom. The molecule has 0 saturated heterocycles. The molecule has 9 nitrogen and oxygen atoms in total. The Morgan fingerprint density at radius 2 is 1.69 bits per heavy atom. The molecule has 39 heavy (non-hydrogen) atoms. The van der Waals surface area contributed by atoms with Gasteiger partial charge in [-0.25, -0.2) is 8.42 Å². The smallest absolute Gasteiger partial charge is 0.242 e. The Balaban J connectivity index is 1.72.